The molecule has 0 saturated carbocycles. The van der Waals surface area contributed by atoms with Crippen LogP contribution in [0, 0.1) is 0 Å². The molecule has 594 valence electrons. The predicted octanol–water partition coefficient (Wildman–Crippen LogP) is -6.27. The highest BCUT2D eigenvalue weighted by Crippen LogP contribution is 2.50. The molecule has 17 rings (SSSR count). The number of piperazine rings is 6. The van der Waals surface area contributed by atoms with Crippen molar-refractivity contribution in [3.63, 3.8) is 0 Å². The van der Waals surface area contributed by atoms with Crippen molar-refractivity contribution in [3.8, 4) is 0 Å². The number of carbonyl (C=O) groups excluding carboxylic acids is 17. The summed E-state index contributed by atoms with van der Waals surface area (Å²) < 4.78 is 1.61. The lowest BCUT2D eigenvalue weighted by molar-refractivity contribution is -0.169. The number of nitrogens with two attached hydrogens (primary N) is 2. The van der Waals surface area contributed by atoms with Crippen LogP contribution in [0.2, 0.25) is 0 Å². The summed E-state index contributed by atoms with van der Waals surface area (Å²) >= 11 is 3.25. The van der Waals surface area contributed by atoms with Crippen LogP contribution in [0.3, 0.4) is 0 Å². The number of nitrogens with one attached hydrogen (secondary N) is 8. The van der Waals surface area contributed by atoms with Gasteiger partial charge in [-0.1, -0.05) is 101 Å². The maximum absolute atomic E-state index is 16.0. The summed E-state index contributed by atoms with van der Waals surface area (Å²) in [4.78, 5) is 263. The first-order chi connectivity index (χ1) is 54.4. The van der Waals surface area contributed by atoms with E-state index < -0.39 is 253 Å². The second kappa shape index (κ2) is 26.9. The van der Waals surface area contributed by atoms with Gasteiger partial charge < -0.3 is 97.8 Å². The number of fused-ring (bicyclic) bond motifs is 6. The molecule has 0 bridgehead atoms. The van der Waals surface area contributed by atoms with Crippen molar-refractivity contribution in [2.75, 3.05) is 57.7 Å². The topological polar surface area (TPSA) is 482 Å². The largest absolute Gasteiger partial charge is 0.368 e. The van der Waals surface area contributed by atoms with Crippen LogP contribution < -0.4 is 54.0 Å². The molecular formula is C76H81BrN20O17. The fourth-order valence-electron chi connectivity index (χ4n) is 20.1. The zero-order valence-electron chi connectivity index (χ0n) is 61.8. The number of likely N-dealkylation sites (tertiary alicyclic amines) is 2. The molecule has 4 aromatic carbocycles. The summed E-state index contributed by atoms with van der Waals surface area (Å²) in [5, 5.41) is 24.8. The molecule has 13 heterocycles. The number of carbonyl (C=O) groups is 17. The fraction of sp³-hybridized carbons (Fsp3) is 0.474. The average Bonchev–Trinajstić information content (AvgIpc) is 1.55. The van der Waals surface area contributed by atoms with Gasteiger partial charge in [0.25, 0.3) is 23.6 Å². The monoisotopic (exact) mass is 1620 g/mol. The lowest BCUT2D eigenvalue weighted by Gasteiger charge is -2.49. The van der Waals surface area contributed by atoms with E-state index in [1.807, 2.05) is 60.7 Å². The van der Waals surface area contributed by atoms with Crippen LogP contribution in [-0.4, -0.2) is 294 Å². The van der Waals surface area contributed by atoms with Gasteiger partial charge in [-0.25, -0.2) is 4.98 Å². The number of rotatable bonds is 15. The van der Waals surface area contributed by atoms with Gasteiger partial charge in [0.15, 0.2) is 0 Å². The number of hydrogen-bond donors (Lipinski definition) is 10. The SMILES string of the molecule is CC(=O)N1C[C@@]2(C[C@H]1C(=O)NCC[C@H]1NC(=O)[C@@]3(CC4C(=O)N[C@]5(CC6C(=O)N(Cc7cccc8ccccc78)[C@]7(C[C@@H](C(=O)N[C@@H](Cc8cccc9ccccc89)C(N)=O)N(C(=O)CBr)C7)C(=O)N6C5)C(=O)N4C3)NC1=O)C(=O)N1C[C@]3(C[C@H]1C(=O)N2Cc1cncn1C)NC(=O)[C@@H]1C[C@@]2(CN1C3=O)NC(=O)[C@H](CN)NC2=O. The van der Waals surface area contributed by atoms with Crippen molar-refractivity contribution in [2.24, 2.45) is 18.5 Å². The van der Waals surface area contributed by atoms with Crippen LogP contribution in [0.4, 0.5) is 0 Å². The number of imidazole rings is 1. The minimum atomic E-state index is -2.00. The van der Waals surface area contributed by atoms with Gasteiger partial charge in [0, 0.05) is 84.7 Å². The van der Waals surface area contributed by atoms with E-state index in [0.717, 1.165) is 31.3 Å². The molecule has 12 saturated heterocycles. The molecule has 2 unspecified atom stereocenters. The Bertz CT molecular complexity index is 5170. The highest BCUT2D eigenvalue weighted by molar-refractivity contribution is 9.09. The molecule has 12 aliphatic heterocycles. The Morgan fingerprint density at radius 3 is 1.54 bits per heavy atom. The van der Waals surface area contributed by atoms with E-state index >= 15 is 24.0 Å². The Balaban J connectivity index is 0.580. The smallest absolute Gasteiger partial charge is 0.251 e. The van der Waals surface area contributed by atoms with E-state index in [9.17, 15) is 57.5 Å². The summed E-state index contributed by atoms with van der Waals surface area (Å²) in [5.41, 5.74) is 2.01. The number of primary amides is 1. The van der Waals surface area contributed by atoms with E-state index in [2.05, 4.69) is 63.4 Å². The molecule has 1 aromatic heterocycles. The summed E-state index contributed by atoms with van der Waals surface area (Å²) in [5.74, 6) is -12.3. The van der Waals surface area contributed by atoms with Gasteiger partial charge in [-0.2, -0.15) is 0 Å². The van der Waals surface area contributed by atoms with Crippen molar-refractivity contribution in [2.45, 2.75) is 159 Å². The molecule has 5 aromatic rings. The van der Waals surface area contributed by atoms with Crippen molar-refractivity contribution < 1.29 is 81.5 Å². The second-order valence-corrected chi connectivity index (χ2v) is 32.9. The number of aryl methyl sites for hydroxylation is 1. The Morgan fingerprint density at radius 2 is 1.01 bits per heavy atom. The van der Waals surface area contributed by atoms with Crippen LogP contribution in [0.15, 0.2) is 97.5 Å². The second-order valence-electron chi connectivity index (χ2n) is 32.4. The van der Waals surface area contributed by atoms with Gasteiger partial charge in [-0.15, -0.1) is 0 Å². The highest BCUT2D eigenvalue weighted by atomic mass is 79.9. The number of benzene rings is 4. The van der Waals surface area contributed by atoms with Gasteiger partial charge in [-0.3, -0.25) is 81.5 Å². The number of alkyl halides is 1. The highest BCUT2D eigenvalue weighted by Gasteiger charge is 2.73. The molecule has 114 heavy (non-hydrogen) atoms. The first-order valence-corrected chi connectivity index (χ1v) is 38.9. The predicted molar refractivity (Wildman–Crippen MR) is 397 cm³/mol. The molecule has 6 spiro atoms. The molecule has 38 heteroatoms. The van der Waals surface area contributed by atoms with E-state index in [-0.39, 0.29) is 57.2 Å². The molecule has 12 N–H and O–H groups in total. The quantitative estimate of drug-likeness (QED) is 0.0436. The Labute approximate surface area is 657 Å². The molecule has 12 fully saturated rings. The molecular weight excluding hydrogens is 1540 g/mol. The van der Waals surface area contributed by atoms with E-state index in [1.165, 1.54) is 48.8 Å². The molecule has 0 radical (unpaired) electrons. The number of nitrogens with zero attached hydrogens (tertiary/aromatic N) is 10. The van der Waals surface area contributed by atoms with Gasteiger partial charge in [0.05, 0.1) is 63.2 Å². The van der Waals surface area contributed by atoms with Gasteiger partial charge in [0.2, 0.25) is 76.8 Å². The fourth-order valence-corrected chi connectivity index (χ4v) is 20.4. The van der Waals surface area contributed by atoms with Crippen molar-refractivity contribution in [3.05, 3.63) is 114 Å². The van der Waals surface area contributed by atoms with Crippen LogP contribution in [0.25, 0.3) is 21.5 Å². The molecule has 37 nitrogen and oxygen atoms in total. The maximum atomic E-state index is 16.0. The van der Waals surface area contributed by atoms with Crippen molar-refractivity contribution >= 4 is 138 Å². The van der Waals surface area contributed by atoms with Crippen LogP contribution in [0.5, 0.6) is 0 Å². The molecule has 17 amide bonds. The van der Waals surface area contributed by atoms with Gasteiger partial charge in [0.1, 0.15) is 87.6 Å². The third-order valence-electron chi connectivity index (χ3n) is 25.9. The standard InChI is InChI=1S/C76H81BrN20O17/c1-38(98)90-35-75(69(113)95-34-74(23-54(95)64(108)97(75)30-43-28-80-37-89(43)2)68(112)93-32-72(21-50(93)62(106)88-74)66(110)84-48(27-78)58(102)86-72)24-51(90)59(103)81-18-17-46-57(101)85-71(65(109)83-46)20-49-61(105)87-73(67(111)92(49)31-71)22-53-63(107)96(29-42-14-8-12-40-10-4-6-16-45(40)42)76(70(114)94(53)33-73)25-52(91(36-76)55(99)26-77)60(104)82-47(56(79)100)19-41-13-7-11-39-9-3-5-15-44(39)41/h3-16,28,37,46-54H,17-27,29-36,78H2,1-2H3,(H2,79,100)(H,81,103)(H,82,104)(H,83,109)(H,84,110)(H,85,101)(H,86,102)(H,87,105)(H,88,106)/t46-,47+,48+,49?,50+,51+,52+,53?,54+,71+,72+,73+,74+,75+,76+/m1/s1. The Kier molecular flexibility index (Phi) is 17.6. The lowest BCUT2D eigenvalue weighted by Crippen LogP contribution is -2.72. The Morgan fingerprint density at radius 1 is 0.544 bits per heavy atom. The van der Waals surface area contributed by atoms with E-state index in [4.69, 9.17) is 11.5 Å². The van der Waals surface area contributed by atoms with E-state index in [0.29, 0.717) is 16.8 Å². The number of aromatic nitrogens is 2. The lowest BCUT2D eigenvalue weighted by atomic mass is 9.85. The third-order valence-corrected chi connectivity index (χ3v) is 26.4. The summed E-state index contributed by atoms with van der Waals surface area (Å²) in [6.45, 7) is -2.85. The minimum absolute atomic E-state index is 0.0345. The Hall–Kier alpha value is -12.0. The normalized spacial score (nSPS) is 32.4. The average molecular weight is 1630 g/mol. The van der Waals surface area contributed by atoms with E-state index in [1.54, 1.807) is 35.9 Å². The molecule has 12 aliphatic rings. The summed E-state index contributed by atoms with van der Waals surface area (Å²) in [7, 11) is 1.66. The number of amides is 17. The van der Waals surface area contributed by atoms with Crippen LogP contribution in [-0.2, 0) is 108 Å². The molecule has 15 atom stereocenters. The first kappa shape index (κ1) is 74.8. The van der Waals surface area contributed by atoms with Crippen molar-refractivity contribution in [1.82, 2.24) is 91.3 Å². The molecule has 0 aliphatic carbocycles. The third kappa shape index (κ3) is 11.3. The zero-order chi connectivity index (χ0) is 80.4. The number of hydrogen-bond acceptors (Lipinski definition) is 19. The zero-order valence-corrected chi connectivity index (χ0v) is 63.4. The van der Waals surface area contributed by atoms with Gasteiger partial charge in [-0.05, 0) is 39.1 Å². The van der Waals surface area contributed by atoms with Crippen LogP contribution in [0.1, 0.15) is 68.7 Å². The summed E-state index contributed by atoms with van der Waals surface area (Å²) in [6, 6.07) is 13.9. The maximum Gasteiger partial charge on any atom is 0.251 e. The first-order valence-electron chi connectivity index (χ1n) is 37.8. The van der Waals surface area contributed by atoms with Gasteiger partial charge >= 0.3 is 0 Å². The summed E-state index contributed by atoms with van der Waals surface area (Å²) in [6.07, 6.45) is 0.218. The van der Waals surface area contributed by atoms with Crippen LogP contribution >= 0.6 is 15.9 Å². The minimum Gasteiger partial charge on any atom is -0.368 e. The van der Waals surface area contributed by atoms with Crippen molar-refractivity contribution in [1.29, 1.82) is 0 Å². The number of halogens is 1.